The summed E-state index contributed by atoms with van der Waals surface area (Å²) in [7, 11) is 0. The molecule has 6 nitrogen and oxygen atoms in total. The largest absolute Gasteiger partial charge is 0.368 e. The Hall–Kier alpha value is -0.940. The molecule has 4 fully saturated rings. The van der Waals surface area contributed by atoms with Gasteiger partial charge in [-0.3, -0.25) is 0 Å². The van der Waals surface area contributed by atoms with Gasteiger partial charge in [-0.2, -0.15) is 0 Å². The van der Waals surface area contributed by atoms with Crippen molar-refractivity contribution < 1.29 is 28.8 Å². The fourth-order valence-electron chi connectivity index (χ4n) is 5.46. The Labute approximate surface area is 193 Å². The van der Waals surface area contributed by atoms with E-state index in [4.69, 9.17) is 23.7 Å². The van der Waals surface area contributed by atoms with Gasteiger partial charge in [-0.1, -0.05) is 19.1 Å². The fraction of sp³-hybridized carbons (Fsp3) is 0.846. The summed E-state index contributed by atoms with van der Waals surface area (Å²) < 4.78 is 30.5. The number of fused-ring (bicyclic) bond motifs is 1. The molecule has 1 aliphatic carbocycles. The van der Waals surface area contributed by atoms with Crippen LogP contribution in [0.4, 0.5) is 0 Å². The fourth-order valence-corrected chi connectivity index (χ4v) is 5.46. The Kier molecular flexibility index (Phi) is 9.05. The molecule has 4 aliphatic rings. The Morgan fingerprint density at radius 3 is 2.75 bits per heavy atom. The van der Waals surface area contributed by atoms with Crippen LogP contribution < -0.4 is 0 Å². The molecule has 9 atom stereocenters. The first kappa shape index (κ1) is 24.2. The maximum absolute atomic E-state index is 10.0. The van der Waals surface area contributed by atoms with Gasteiger partial charge in [-0.15, -0.1) is 11.8 Å². The molecule has 0 aromatic rings. The molecule has 0 aromatic carbocycles. The number of allylic oxidation sites excluding steroid dienone is 1. The van der Waals surface area contributed by atoms with Crippen LogP contribution in [-0.4, -0.2) is 55.5 Å². The van der Waals surface area contributed by atoms with E-state index in [0.29, 0.717) is 18.9 Å². The third-order valence-corrected chi connectivity index (χ3v) is 7.23. The second-order valence-corrected chi connectivity index (χ2v) is 9.70. The molecule has 4 rings (SSSR count). The molecule has 180 valence electrons. The van der Waals surface area contributed by atoms with Crippen molar-refractivity contribution in [2.45, 2.75) is 109 Å². The number of aliphatic hydroxyl groups is 1. The van der Waals surface area contributed by atoms with Gasteiger partial charge in [0, 0.05) is 38.4 Å². The predicted octanol–water partition coefficient (Wildman–Crippen LogP) is 4.16. The summed E-state index contributed by atoms with van der Waals surface area (Å²) in [5, 5.41) is 10.0. The minimum absolute atomic E-state index is 0.00198. The highest BCUT2D eigenvalue weighted by Gasteiger charge is 2.50. The van der Waals surface area contributed by atoms with Crippen LogP contribution in [0.5, 0.6) is 0 Å². The molecular weight excluding hydrogens is 408 g/mol. The average Bonchev–Trinajstić information content (AvgIpc) is 3.30. The minimum atomic E-state index is -0.662. The van der Waals surface area contributed by atoms with Crippen molar-refractivity contribution in [3.05, 3.63) is 12.2 Å². The van der Waals surface area contributed by atoms with Crippen molar-refractivity contribution in [3.63, 3.8) is 0 Å². The predicted molar refractivity (Wildman–Crippen MR) is 120 cm³/mol. The van der Waals surface area contributed by atoms with Gasteiger partial charge >= 0.3 is 0 Å². The van der Waals surface area contributed by atoms with E-state index in [9.17, 15) is 5.11 Å². The van der Waals surface area contributed by atoms with Crippen molar-refractivity contribution in [3.8, 4) is 11.8 Å². The summed E-state index contributed by atoms with van der Waals surface area (Å²) in [5.41, 5.74) is 0. The van der Waals surface area contributed by atoms with Gasteiger partial charge in [-0.25, -0.2) is 0 Å². The van der Waals surface area contributed by atoms with Crippen molar-refractivity contribution in [1.29, 1.82) is 0 Å². The molecule has 0 bridgehead atoms. The van der Waals surface area contributed by atoms with Crippen LogP contribution in [0.25, 0.3) is 0 Å². The van der Waals surface area contributed by atoms with Crippen LogP contribution in [-0.2, 0) is 23.7 Å². The molecule has 6 heteroatoms. The quantitative estimate of drug-likeness (QED) is 0.444. The zero-order chi connectivity index (χ0) is 22.3. The SMILES string of the molecule is CC#CCCC(C)/C=C/[C@@H]1[C@H]2CC(O)O[C@H]2C[C@H]1OC1OCCCC1OC1CCCCO1. The molecular formula is C26H40O6. The minimum Gasteiger partial charge on any atom is -0.368 e. The first-order valence-electron chi connectivity index (χ1n) is 12.6. The first-order chi connectivity index (χ1) is 15.6. The highest BCUT2D eigenvalue weighted by atomic mass is 16.7. The molecule has 0 aromatic heterocycles. The van der Waals surface area contributed by atoms with Crippen LogP contribution in [0, 0.1) is 29.6 Å². The van der Waals surface area contributed by atoms with E-state index in [0.717, 1.165) is 58.0 Å². The van der Waals surface area contributed by atoms with Gasteiger partial charge in [0.15, 0.2) is 18.9 Å². The lowest BCUT2D eigenvalue weighted by atomic mass is 9.90. The zero-order valence-electron chi connectivity index (χ0n) is 19.6. The molecule has 1 N–H and O–H groups in total. The molecule has 1 saturated carbocycles. The Morgan fingerprint density at radius 2 is 1.94 bits per heavy atom. The zero-order valence-corrected chi connectivity index (χ0v) is 19.6. The molecule has 32 heavy (non-hydrogen) atoms. The van der Waals surface area contributed by atoms with E-state index in [1.165, 1.54) is 0 Å². The maximum Gasteiger partial charge on any atom is 0.184 e. The third-order valence-electron chi connectivity index (χ3n) is 7.23. The highest BCUT2D eigenvalue weighted by molar-refractivity contribution is 5.07. The van der Waals surface area contributed by atoms with Crippen molar-refractivity contribution in [2.75, 3.05) is 13.2 Å². The third kappa shape index (κ3) is 6.34. The lowest BCUT2D eigenvalue weighted by molar-refractivity contribution is -0.289. The number of rotatable bonds is 8. The van der Waals surface area contributed by atoms with Crippen LogP contribution in [0.2, 0.25) is 0 Å². The average molecular weight is 449 g/mol. The van der Waals surface area contributed by atoms with Crippen molar-refractivity contribution in [2.24, 2.45) is 17.8 Å². The molecule has 0 spiro atoms. The molecule has 3 heterocycles. The smallest absolute Gasteiger partial charge is 0.184 e. The van der Waals surface area contributed by atoms with E-state index in [1.54, 1.807) is 0 Å². The Bertz CT molecular complexity index is 663. The van der Waals surface area contributed by atoms with E-state index in [2.05, 4.69) is 30.9 Å². The van der Waals surface area contributed by atoms with Crippen molar-refractivity contribution >= 4 is 0 Å². The first-order valence-corrected chi connectivity index (χ1v) is 12.6. The lowest BCUT2D eigenvalue weighted by Gasteiger charge is -2.37. The van der Waals surface area contributed by atoms with Crippen LogP contribution >= 0.6 is 0 Å². The number of hydrogen-bond acceptors (Lipinski definition) is 6. The molecule has 0 radical (unpaired) electrons. The number of aliphatic hydroxyl groups excluding tert-OH is 1. The molecule has 3 saturated heterocycles. The lowest BCUT2D eigenvalue weighted by Crippen LogP contribution is -2.44. The summed E-state index contributed by atoms with van der Waals surface area (Å²) in [4.78, 5) is 0. The second-order valence-electron chi connectivity index (χ2n) is 9.70. The van der Waals surface area contributed by atoms with Crippen LogP contribution in [0.15, 0.2) is 12.2 Å². The number of ether oxygens (including phenoxy) is 5. The maximum atomic E-state index is 10.0. The van der Waals surface area contributed by atoms with Gasteiger partial charge in [0.2, 0.25) is 0 Å². The molecule has 0 amide bonds. The summed E-state index contributed by atoms with van der Waals surface area (Å²) >= 11 is 0. The number of hydrogen-bond donors (Lipinski definition) is 1. The van der Waals surface area contributed by atoms with Gasteiger partial charge in [0.05, 0.1) is 12.2 Å². The van der Waals surface area contributed by atoms with E-state index in [1.807, 2.05) is 6.92 Å². The highest BCUT2D eigenvalue weighted by Crippen LogP contribution is 2.45. The van der Waals surface area contributed by atoms with Crippen LogP contribution in [0.1, 0.15) is 71.6 Å². The van der Waals surface area contributed by atoms with Gasteiger partial charge in [0.1, 0.15) is 6.10 Å². The normalized spacial score (nSPS) is 40.7. The second kappa shape index (κ2) is 12.0. The summed E-state index contributed by atoms with van der Waals surface area (Å²) in [6, 6.07) is 0. The Balaban J connectivity index is 1.39. The van der Waals surface area contributed by atoms with Crippen LogP contribution in [0.3, 0.4) is 0 Å². The van der Waals surface area contributed by atoms with Gasteiger partial charge in [-0.05, 0) is 57.3 Å². The summed E-state index contributed by atoms with van der Waals surface area (Å²) in [5.74, 6) is 7.05. The standard InChI is InChI=1S/C26H40O6/c1-3-4-5-9-18(2)12-13-19-20-16-24(27)30-23(20)17-22(19)32-26-21(10-8-15-29-26)31-25-11-6-7-14-28-25/h12-13,18-27H,5-11,14-17H2,1-2H3/b13-12+/t18?,19-,20-,21?,22-,23+,24?,25?,26?/m1/s1. The van der Waals surface area contributed by atoms with Gasteiger partial charge < -0.3 is 28.8 Å². The molecule has 3 aliphatic heterocycles. The molecule has 5 unspecified atom stereocenters. The van der Waals surface area contributed by atoms with E-state index in [-0.39, 0.29) is 42.7 Å². The Morgan fingerprint density at radius 1 is 1.06 bits per heavy atom. The summed E-state index contributed by atoms with van der Waals surface area (Å²) in [6.45, 7) is 5.58. The monoisotopic (exact) mass is 448 g/mol. The summed E-state index contributed by atoms with van der Waals surface area (Å²) in [6.07, 6.45) is 11.8. The topological polar surface area (TPSA) is 66.4 Å². The van der Waals surface area contributed by atoms with E-state index >= 15 is 0 Å². The van der Waals surface area contributed by atoms with Gasteiger partial charge in [0.25, 0.3) is 0 Å². The van der Waals surface area contributed by atoms with E-state index < -0.39 is 6.29 Å². The van der Waals surface area contributed by atoms with Crippen molar-refractivity contribution in [1.82, 2.24) is 0 Å².